The average Bonchev–Trinajstić information content (AvgIpc) is 2.73. The zero-order valence-corrected chi connectivity index (χ0v) is 12.5. The molecule has 0 atom stereocenters. The maximum absolute atomic E-state index is 12.8. The molecule has 0 saturated carbocycles. The maximum Gasteiger partial charge on any atom is 0.265 e. The molecule has 0 radical (unpaired) electrons. The van der Waals surface area contributed by atoms with Crippen LogP contribution in [0.4, 0.5) is 11.4 Å². The van der Waals surface area contributed by atoms with Crippen LogP contribution in [-0.2, 0) is 4.79 Å². The van der Waals surface area contributed by atoms with Crippen LogP contribution in [-0.4, -0.2) is 24.9 Å². The van der Waals surface area contributed by atoms with E-state index in [0.29, 0.717) is 0 Å². The van der Waals surface area contributed by atoms with E-state index in [1.807, 2.05) is 80.6 Å². The Balaban J connectivity index is 2.15. The van der Waals surface area contributed by atoms with E-state index in [1.54, 1.807) is 4.90 Å². The lowest BCUT2D eigenvalue weighted by Crippen LogP contribution is -2.21. The van der Waals surface area contributed by atoms with Gasteiger partial charge < -0.3 is 4.90 Å². The van der Waals surface area contributed by atoms with Gasteiger partial charge in [-0.3, -0.25) is 9.69 Å². The Morgan fingerprint density at radius 2 is 1.67 bits per heavy atom. The highest BCUT2D eigenvalue weighted by atomic mass is 16.2. The molecule has 1 amide bonds. The molecule has 3 heteroatoms. The monoisotopic (exact) mass is 278 g/mol. The first-order chi connectivity index (χ1) is 10.1. The van der Waals surface area contributed by atoms with Crippen molar-refractivity contribution < 1.29 is 4.79 Å². The van der Waals surface area contributed by atoms with Crippen LogP contribution in [0.25, 0.3) is 5.57 Å². The number of nitrogens with zero attached hydrogens (tertiary/aromatic N) is 2. The lowest BCUT2D eigenvalue weighted by Gasteiger charge is -2.17. The summed E-state index contributed by atoms with van der Waals surface area (Å²) in [6.45, 7) is 2.04. The van der Waals surface area contributed by atoms with Crippen molar-refractivity contribution in [3.05, 3.63) is 65.9 Å². The minimum Gasteiger partial charge on any atom is -0.383 e. The zero-order valence-electron chi connectivity index (χ0n) is 12.5. The Hall–Kier alpha value is -2.55. The Morgan fingerprint density at radius 1 is 1.00 bits per heavy atom. The van der Waals surface area contributed by atoms with Crippen molar-refractivity contribution in [2.24, 2.45) is 0 Å². The predicted octanol–water partition coefficient (Wildman–Crippen LogP) is 3.58. The topological polar surface area (TPSA) is 23.6 Å². The summed E-state index contributed by atoms with van der Waals surface area (Å²) < 4.78 is 0. The van der Waals surface area contributed by atoms with Gasteiger partial charge in [-0.25, -0.2) is 0 Å². The summed E-state index contributed by atoms with van der Waals surface area (Å²) in [5, 5.41) is 0. The first-order valence-electron chi connectivity index (χ1n) is 6.96. The number of amides is 1. The zero-order chi connectivity index (χ0) is 15.0. The standard InChI is InChI=1S/C18H18N2O/c1-13-8-10-14(11-9-13)20-17-7-5-4-6-15(17)16(18(20)21)12-19(2)3/h4-12H,1-3H3. The van der Waals surface area contributed by atoms with Gasteiger partial charge in [0.2, 0.25) is 0 Å². The largest absolute Gasteiger partial charge is 0.383 e. The highest BCUT2D eigenvalue weighted by Crippen LogP contribution is 2.41. The van der Waals surface area contributed by atoms with Crippen molar-refractivity contribution in [3.63, 3.8) is 0 Å². The maximum atomic E-state index is 12.8. The summed E-state index contributed by atoms with van der Waals surface area (Å²) in [6.07, 6.45) is 1.88. The Kier molecular flexibility index (Phi) is 3.26. The molecule has 0 spiro atoms. The molecule has 106 valence electrons. The van der Waals surface area contributed by atoms with E-state index in [-0.39, 0.29) is 5.91 Å². The van der Waals surface area contributed by atoms with E-state index in [2.05, 4.69) is 0 Å². The molecule has 2 aromatic carbocycles. The van der Waals surface area contributed by atoms with Crippen LogP contribution in [0.1, 0.15) is 11.1 Å². The Labute approximate surface area is 125 Å². The second kappa shape index (κ2) is 5.09. The molecule has 0 saturated heterocycles. The second-order valence-electron chi connectivity index (χ2n) is 5.50. The van der Waals surface area contributed by atoms with Gasteiger partial charge >= 0.3 is 0 Å². The minimum absolute atomic E-state index is 0.0220. The molecule has 2 aromatic rings. The Morgan fingerprint density at radius 3 is 2.33 bits per heavy atom. The van der Waals surface area contributed by atoms with Crippen molar-refractivity contribution in [2.45, 2.75) is 6.92 Å². The van der Waals surface area contributed by atoms with Crippen LogP contribution in [0.3, 0.4) is 0 Å². The fourth-order valence-electron chi connectivity index (χ4n) is 2.57. The quantitative estimate of drug-likeness (QED) is 0.784. The first kappa shape index (κ1) is 13.4. The number of anilines is 2. The SMILES string of the molecule is Cc1ccc(N2C(=O)C(=CN(C)C)c3ccccc32)cc1. The number of hydrogen-bond donors (Lipinski definition) is 0. The molecule has 0 aliphatic carbocycles. The Bertz CT molecular complexity index is 714. The number of rotatable bonds is 2. The fraction of sp³-hybridized carbons (Fsp3) is 0.167. The van der Waals surface area contributed by atoms with Crippen LogP contribution in [0.5, 0.6) is 0 Å². The number of aryl methyl sites for hydroxylation is 1. The van der Waals surface area contributed by atoms with Crippen molar-refractivity contribution in [3.8, 4) is 0 Å². The third kappa shape index (κ3) is 2.31. The number of para-hydroxylation sites is 1. The molecule has 1 aliphatic heterocycles. The molecule has 0 unspecified atom stereocenters. The van der Waals surface area contributed by atoms with E-state index in [1.165, 1.54) is 5.56 Å². The van der Waals surface area contributed by atoms with Gasteiger partial charge in [-0.05, 0) is 25.1 Å². The number of benzene rings is 2. The molecule has 21 heavy (non-hydrogen) atoms. The van der Waals surface area contributed by atoms with Gasteiger partial charge in [0.15, 0.2) is 0 Å². The molecule has 3 rings (SSSR count). The van der Waals surface area contributed by atoms with E-state index >= 15 is 0 Å². The molecule has 0 aromatic heterocycles. The van der Waals surface area contributed by atoms with Gasteiger partial charge in [0.05, 0.1) is 11.3 Å². The van der Waals surface area contributed by atoms with Crippen molar-refractivity contribution >= 4 is 22.9 Å². The van der Waals surface area contributed by atoms with E-state index in [4.69, 9.17) is 0 Å². The minimum atomic E-state index is 0.0220. The first-order valence-corrected chi connectivity index (χ1v) is 6.96. The predicted molar refractivity (Wildman–Crippen MR) is 86.4 cm³/mol. The van der Waals surface area contributed by atoms with Gasteiger partial charge in [0, 0.05) is 31.5 Å². The lowest BCUT2D eigenvalue weighted by molar-refractivity contribution is -0.112. The number of hydrogen-bond acceptors (Lipinski definition) is 2. The molecule has 3 nitrogen and oxygen atoms in total. The third-order valence-corrected chi connectivity index (χ3v) is 3.55. The fourth-order valence-corrected chi connectivity index (χ4v) is 2.57. The molecule has 0 N–H and O–H groups in total. The summed E-state index contributed by atoms with van der Waals surface area (Å²) in [5.74, 6) is 0.0220. The van der Waals surface area contributed by atoms with Crippen LogP contribution >= 0.6 is 0 Å². The van der Waals surface area contributed by atoms with Crippen molar-refractivity contribution in [1.29, 1.82) is 0 Å². The molecular formula is C18H18N2O. The van der Waals surface area contributed by atoms with Gasteiger partial charge in [-0.2, -0.15) is 0 Å². The van der Waals surface area contributed by atoms with Crippen LogP contribution < -0.4 is 4.90 Å². The summed E-state index contributed by atoms with van der Waals surface area (Å²) in [7, 11) is 3.86. The summed E-state index contributed by atoms with van der Waals surface area (Å²) in [5.41, 5.74) is 4.75. The number of fused-ring (bicyclic) bond motifs is 1. The number of carbonyl (C=O) groups is 1. The molecular weight excluding hydrogens is 260 g/mol. The van der Waals surface area contributed by atoms with Gasteiger partial charge in [-0.1, -0.05) is 35.9 Å². The van der Waals surface area contributed by atoms with Gasteiger partial charge in [0.1, 0.15) is 0 Å². The highest BCUT2D eigenvalue weighted by molar-refractivity contribution is 6.34. The molecule has 1 aliphatic rings. The smallest absolute Gasteiger partial charge is 0.265 e. The second-order valence-corrected chi connectivity index (χ2v) is 5.50. The van der Waals surface area contributed by atoms with E-state index in [0.717, 1.165) is 22.5 Å². The summed E-state index contributed by atoms with van der Waals surface area (Å²) in [4.78, 5) is 16.5. The van der Waals surface area contributed by atoms with Crippen LogP contribution in [0, 0.1) is 6.92 Å². The van der Waals surface area contributed by atoms with Crippen molar-refractivity contribution in [1.82, 2.24) is 4.90 Å². The molecule has 0 fully saturated rings. The summed E-state index contributed by atoms with van der Waals surface area (Å²) >= 11 is 0. The van der Waals surface area contributed by atoms with Crippen molar-refractivity contribution in [2.75, 3.05) is 19.0 Å². The average molecular weight is 278 g/mol. The van der Waals surface area contributed by atoms with Crippen LogP contribution in [0.2, 0.25) is 0 Å². The third-order valence-electron chi connectivity index (χ3n) is 3.55. The highest BCUT2D eigenvalue weighted by Gasteiger charge is 2.33. The van der Waals surface area contributed by atoms with Gasteiger partial charge in [0.25, 0.3) is 5.91 Å². The lowest BCUT2D eigenvalue weighted by atomic mass is 10.1. The molecule has 1 heterocycles. The van der Waals surface area contributed by atoms with Crippen LogP contribution in [0.15, 0.2) is 54.7 Å². The molecule has 0 bridgehead atoms. The summed E-state index contributed by atoms with van der Waals surface area (Å²) in [6, 6.07) is 15.9. The van der Waals surface area contributed by atoms with E-state index < -0.39 is 0 Å². The van der Waals surface area contributed by atoms with E-state index in [9.17, 15) is 4.79 Å². The number of carbonyl (C=O) groups excluding carboxylic acids is 1. The normalized spacial score (nSPS) is 15.5. The van der Waals surface area contributed by atoms with Gasteiger partial charge in [-0.15, -0.1) is 0 Å².